The third-order valence-corrected chi connectivity index (χ3v) is 3.44. The van der Waals surface area contributed by atoms with Gasteiger partial charge >= 0.3 is 0 Å². The molecule has 0 spiro atoms. The van der Waals surface area contributed by atoms with Gasteiger partial charge in [-0.15, -0.1) is 0 Å². The van der Waals surface area contributed by atoms with Crippen LogP contribution in [0.25, 0.3) is 0 Å². The lowest BCUT2D eigenvalue weighted by Gasteiger charge is -2.41. The summed E-state index contributed by atoms with van der Waals surface area (Å²) >= 11 is 0. The Balaban J connectivity index is 1.87. The lowest BCUT2D eigenvalue weighted by atomic mass is 9.93. The SMILES string of the molecule is C[C@@H]1CN(CC2(O)CCOCC2)C[C@H](C)O1. The molecule has 0 radical (unpaired) electrons. The summed E-state index contributed by atoms with van der Waals surface area (Å²) in [5.41, 5.74) is -0.547. The summed E-state index contributed by atoms with van der Waals surface area (Å²) < 4.78 is 11.0. The quantitative estimate of drug-likeness (QED) is 0.754. The molecule has 0 saturated carbocycles. The van der Waals surface area contributed by atoms with Crippen molar-refractivity contribution in [2.45, 2.75) is 44.5 Å². The van der Waals surface area contributed by atoms with Gasteiger partial charge in [0.15, 0.2) is 0 Å². The van der Waals surface area contributed by atoms with Gasteiger partial charge in [0.1, 0.15) is 0 Å². The predicted molar refractivity (Wildman–Crippen MR) is 61.5 cm³/mol. The molecule has 0 aliphatic carbocycles. The molecule has 0 bridgehead atoms. The smallest absolute Gasteiger partial charge is 0.0817 e. The number of β-amino-alcohol motifs (C(OH)–C–C–N with tert-alkyl or cyclic N) is 1. The third-order valence-electron chi connectivity index (χ3n) is 3.44. The molecule has 1 N–H and O–H groups in total. The highest BCUT2D eigenvalue weighted by Crippen LogP contribution is 2.23. The number of nitrogens with zero attached hydrogens (tertiary/aromatic N) is 1. The first-order chi connectivity index (χ1) is 7.57. The first-order valence-corrected chi connectivity index (χ1v) is 6.25. The summed E-state index contributed by atoms with van der Waals surface area (Å²) in [5.74, 6) is 0. The lowest BCUT2D eigenvalue weighted by molar-refractivity contribution is -0.116. The highest BCUT2D eigenvalue weighted by Gasteiger charge is 2.34. The second-order valence-corrected chi connectivity index (χ2v) is 5.29. The molecule has 0 aromatic heterocycles. The van der Waals surface area contributed by atoms with Crippen LogP contribution in [-0.2, 0) is 9.47 Å². The van der Waals surface area contributed by atoms with Crippen LogP contribution in [0.3, 0.4) is 0 Å². The van der Waals surface area contributed by atoms with Gasteiger partial charge in [-0.3, -0.25) is 4.90 Å². The van der Waals surface area contributed by atoms with E-state index in [9.17, 15) is 5.11 Å². The number of morpholine rings is 1. The van der Waals surface area contributed by atoms with E-state index in [4.69, 9.17) is 9.47 Å². The molecule has 4 heteroatoms. The molecule has 2 aliphatic rings. The van der Waals surface area contributed by atoms with Gasteiger partial charge in [0.25, 0.3) is 0 Å². The van der Waals surface area contributed by atoms with E-state index in [2.05, 4.69) is 18.7 Å². The zero-order chi connectivity index (χ0) is 11.6. The first kappa shape index (κ1) is 12.3. The van der Waals surface area contributed by atoms with Crippen LogP contribution >= 0.6 is 0 Å². The highest BCUT2D eigenvalue weighted by molar-refractivity contribution is 4.87. The molecule has 0 aromatic rings. The largest absolute Gasteiger partial charge is 0.388 e. The minimum Gasteiger partial charge on any atom is -0.388 e. The summed E-state index contributed by atoms with van der Waals surface area (Å²) in [4.78, 5) is 2.32. The van der Waals surface area contributed by atoms with Gasteiger partial charge in [-0.1, -0.05) is 0 Å². The van der Waals surface area contributed by atoms with Crippen LogP contribution in [0.15, 0.2) is 0 Å². The van der Waals surface area contributed by atoms with Gasteiger partial charge in [0.05, 0.1) is 17.8 Å². The van der Waals surface area contributed by atoms with E-state index >= 15 is 0 Å². The van der Waals surface area contributed by atoms with E-state index in [1.165, 1.54) is 0 Å². The molecular formula is C12H23NO3. The lowest BCUT2D eigenvalue weighted by Crippen LogP contribution is -2.53. The Kier molecular flexibility index (Phi) is 3.85. The standard InChI is InChI=1S/C12H23NO3/c1-10-7-13(8-11(2)16-10)9-12(14)3-5-15-6-4-12/h10-11,14H,3-9H2,1-2H3/t10-,11+. The van der Waals surface area contributed by atoms with Crippen LogP contribution in [0.2, 0.25) is 0 Å². The Morgan fingerprint density at radius 3 is 2.31 bits per heavy atom. The normalized spacial score (nSPS) is 36.2. The fourth-order valence-corrected chi connectivity index (χ4v) is 2.74. The average Bonchev–Trinajstić information content (AvgIpc) is 2.15. The van der Waals surface area contributed by atoms with Crippen LogP contribution in [0.4, 0.5) is 0 Å². The maximum absolute atomic E-state index is 10.4. The molecule has 16 heavy (non-hydrogen) atoms. The van der Waals surface area contributed by atoms with E-state index in [-0.39, 0.29) is 12.2 Å². The molecule has 2 rings (SSSR count). The summed E-state index contributed by atoms with van der Waals surface area (Å²) in [6, 6.07) is 0. The Labute approximate surface area is 97.5 Å². The van der Waals surface area contributed by atoms with Crippen molar-refractivity contribution in [3.63, 3.8) is 0 Å². The summed E-state index contributed by atoms with van der Waals surface area (Å²) in [6.45, 7) is 8.17. The molecule has 2 heterocycles. The molecule has 0 unspecified atom stereocenters. The topological polar surface area (TPSA) is 41.9 Å². The number of ether oxygens (including phenoxy) is 2. The van der Waals surface area contributed by atoms with E-state index in [1.807, 2.05) is 0 Å². The van der Waals surface area contributed by atoms with Crippen LogP contribution in [-0.4, -0.2) is 60.7 Å². The third kappa shape index (κ3) is 3.17. The zero-order valence-corrected chi connectivity index (χ0v) is 10.3. The maximum Gasteiger partial charge on any atom is 0.0817 e. The van der Waals surface area contributed by atoms with Crippen LogP contribution in [0.5, 0.6) is 0 Å². The molecule has 0 amide bonds. The van der Waals surface area contributed by atoms with Crippen LogP contribution < -0.4 is 0 Å². The first-order valence-electron chi connectivity index (χ1n) is 6.25. The molecule has 0 aromatic carbocycles. The Hall–Kier alpha value is -0.160. The van der Waals surface area contributed by atoms with Crippen molar-refractivity contribution >= 4 is 0 Å². The van der Waals surface area contributed by atoms with E-state index < -0.39 is 5.60 Å². The fourth-order valence-electron chi connectivity index (χ4n) is 2.74. The Bertz CT molecular complexity index is 218. The van der Waals surface area contributed by atoms with E-state index in [1.54, 1.807) is 0 Å². The number of rotatable bonds is 2. The molecule has 2 aliphatic heterocycles. The second kappa shape index (κ2) is 5.00. The molecular weight excluding hydrogens is 206 g/mol. The van der Waals surface area contributed by atoms with Crippen molar-refractivity contribution in [2.24, 2.45) is 0 Å². The highest BCUT2D eigenvalue weighted by atomic mass is 16.5. The van der Waals surface area contributed by atoms with Crippen molar-refractivity contribution in [1.29, 1.82) is 0 Å². The summed E-state index contributed by atoms with van der Waals surface area (Å²) in [5, 5.41) is 10.4. The van der Waals surface area contributed by atoms with Gasteiger partial charge in [0, 0.05) is 45.7 Å². The molecule has 2 fully saturated rings. The second-order valence-electron chi connectivity index (χ2n) is 5.29. The van der Waals surface area contributed by atoms with E-state index in [0.29, 0.717) is 13.2 Å². The van der Waals surface area contributed by atoms with E-state index in [0.717, 1.165) is 32.5 Å². The van der Waals surface area contributed by atoms with Gasteiger partial charge < -0.3 is 14.6 Å². The minimum atomic E-state index is -0.547. The monoisotopic (exact) mass is 229 g/mol. The molecule has 2 atom stereocenters. The fraction of sp³-hybridized carbons (Fsp3) is 1.00. The van der Waals surface area contributed by atoms with Gasteiger partial charge in [0.2, 0.25) is 0 Å². The Morgan fingerprint density at radius 2 is 1.75 bits per heavy atom. The van der Waals surface area contributed by atoms with Crippen molar-refractivity contribution in [2.75, 3.05) is 32.8 Å². The minimum absolute atomic E-state index is 0.271. The van der Waals surface area contributed by atoms with Gasteiger partial charge in [-0.2, -0.15) is 0 Å². The summed E-state index contributed by atoms with van der Waals surface area (Å²) in [7, 11) is 0. The number of hydrogen-bond donors (Lipinski definition) is 1. The van der Waals surface area contributed by atoms with Gasteiger partial charge in [-0.25, -0.2) is 0 Å². The average molecular weight is 229 g/mol. The predicted octanol–water partition coefficient (Wildman–Crippen LogP) is 0.637. The van der Waals surface area contributed by atoms with Crippen molar-refractivity contribution in [3.05, 3.63) is 0 Å². The molecule has 94 valence electrons. The van der Waals surface area contributed by atoms with Crippen molar-refractivity contribution < 1.29 is 14.6 Å². The Morgan fingerprint density at radius 1 is 1.19 bits per heavy atom. The molecule has 4 nitrogen and oxygen atoms in total. The van der Waals surface area contributed by atoms with Crippen molar-refractivity contribution in [3.8, 4) is 0 Å². The number of aliphatic hydroxyl groups is 1. The summed E-state index contributed by atoms with van der Waals surface area (Å²) in [6.07, 6.45) is 2.06. The number of hydrogen-bond acceptors (Lipinski definition) is 4. The zero-order valence-electron chi connectivity index (χ0n) is 10.3. The van der Waals surface area contributed by atoms with Crippen molar-refractivity contribution in [1.82, 2.24) is 4.90 Å². The van der Waals surface area contributed by atoms with Crippen LogP contribution in [0, 0.1) is 0 Å². The molecule has 2 saturated heterocycles. The maximum atomic E-state index is 10.4. The van der Waals surface area contributed by atoms with Crippen LogP contribution in [0.1, 0.15) is 26.7 Å². The van der Waals surface area contributed by atoms with Gasteiger partial charge in [-0.05, 0) is 13.8 Å².